The second kappa shape index (κ2) is 7.31. The molecule has 22 heavy (non-hydrogen) atoms. The Bertz CT molecular complexity index is 764. The molecular formula is C15H17FN2O3S. The van der Waals surface area contributed by atoms with Crippen LogP contribution in [0.5, 0.6) is 0 Å². The molecule has 0 saturated heterocycles. The molecule has 7 heteroatoms. The van der Waals surface area contributed by atoms with Crippen LogP contribution in [0.3, 0.4) is 0 Å². The average molecular weight is 324 g/mol. The van der Waals surface area contributed by atoms with Crippen molar-refractivity contribution in [2.24, 2.45) is 4.99 Å². The van der Waals surface area contributed by atoms with Crippen LogP contribution in [0, 0.1) is 5.82 Å². The van der Waals surface area contributed by atoms with Gasteiger partial charge >= 0.3 is 5.97 Å². The van der Waals surface area contributed by atoms with Crippen molar-refractivity contribution in [2.45, 2.75) is 32.7 Å². The van der Waals surface area contributed by atoms with Gasteiger partial charge in [-0.1, -0.05) is 18.3 Å². The number of ether oxygens (including phenoxy) is 1. The number of hydrogen-bond donors (Lipinski definition) is 0. The van der Waals surface area contributed by atoms with Crippen LogP contribution in [-0.2, 0) is 20.9 Å². The van der Waals surface area contributed by atoms with Gasteiger partial charge in [-0.15, -0.1) is 0 Å². The van der Waals surface area contributed by atoms with E-state index in [-0.39, 0.29) is 24.1 Å². The Hall–Kier alpha value is -2.02. The fourth-order valence-electron chi connectivity index (χ4n) is 2.03. The van der Waals surface area contributed by atoms with Gasteiger partial charge in [0.2, 0.25) is 5.91 Å². The van der Waals surface area contributed by atoms with Crippen molar-refractivity contribution in [1.82, 2.24) is 4.57 Å². The zero-order valence-electron chi connectivity index (χ0n) is 12.5. The number of methoxy groups -OCH3 is 1. The minimum absolute atomic E-state index is 0.162. The summed E-state index contributed by atoms with van der Waals surface area (Å²) in [6.45, 7) is 2.23. The average Bonchev–Trinajstić information content (AvgIpc) is 2.81. The molecule has 1 amide bonds. The standard InChI is InChI=1S/C15H17FN2O3S/c1-3-4-13(19)17-15-18(8-7-14(20)21-2)11-6-5-10(16)9-12(11)22-15/h5-6,9H,3-4,7-8H2,1-2H3. The fraction of sp³-hybridized carbons (Fsp3) is 0.400. The summed E-state index contributed by atoms with van der Waals surface area (Å²) in [7, 11) is 1.32. The number of nitrogens with zero attached hydrogens (tertiary/aromatic N) is 2. The molecule has 0 fully saturated rings. The lowest BCUT2D eigenvalue weighted by Gasteiger charge is -2.04. The number of aryl methyl sites for hydroxylation is 1. The van der Waals surface area contributed by atoms with Crippen molar-refractivity contribution in [3.63, 3.8) is 0 Å². The number of aromatic nitrogens is 1. The second-order valence-corrected chi connectivity index (χ2v) is 5.74. The smallest absolute Gasteiger partial charge is 0.307 e. The number of benzene rings is 1. The van der Waals surface area contributed by atoms with Crippen molar-refractivity contribution in [3.8, 4) is 0 Å². The highest BCUT2D eigenvalue weighted by Gasteiger charge is 2.10. The molecule has 0 unspecified atom stereocenters. The van der Waals surface area contributed by atoms with Crippen molar-refractivity contribution < 1.29 is 18.7 Å². The Kier molecular flexibility index (Phi) is 5.43. The summed E-state index contributed by atoms with van der Waals surface area (Å²) >= 11 is 1.23. The number of fused-ring (bicyclic) bond motifs is 1. The van der Waals surface area contributed by atoms with Gasteiger partial charge in [0.05, 0.1) is 23.7 Å². The zero-order valence-corrected chi connectivity index (χ0v) is 13.3. The van der Waals surface area contributed by atoms with Crippen molar-refractivity contribution in [3.05, 3.63) is 28.8 Å². The molecule has 0 aliphatic carbocycles. The van der Waals surface area contributed by atoms with Gasteiger partial charge in [0, 0.05) is 13.0 Å². The van der Waals surface area contributed by atoms with Crippen LogP contribution in [0.4, 0.5) is 4.39 Å². The summed E-state index contributed by atoms with van der Waals surface area (Å²) in [5.74, 6) is -0.915. The predicted octanol–water partition coefficient (Wildman–Crippen LogP) is 2.63. The monoisotopic (exact) mass is 324 g/mol. The van der Waals surface area contributed by atoms with Crippen LogP contribution in [0.15, 0.2) is 23.2 Å². The molecule has 118 valence electrons. The highest BCUT2D eigenvalue weighted by Crippen LogP contribution is 2.19. The van der Waals surface area contributed by atoms with E-state index in [1.54, 1.807) is 10.6 Å². The molecule has 0 N–H and O–H groups in total. The largest absolute Gasteiger partial charge is 0.469 e. The molecule has 2 rings (SSSR count). The Balaban J connectivity index is 2.48. The van der Waals surface area contributed by atoms with Crippen LogP contribution >= 0.6 is 11.3 Å². The zero-order chi connectivity index (χ0) is 16.1. The summed E-state index contributed by atoms with van der Waals surface area (Å²) in [6, 6.07) is 4.38. The molecular weight excluding hydrogens is 307 g/mol. The van der Waals surface area contributed by atoms with Gasteiger partial charge in [0.1, 0.15) is 5.82 Å². The van der Waals surface area contributed by atoms with E-state index in [2.05, 4.69) is 9.73 Å². The maximum atomic E-state index is 13.4. The first kappa shape index (κ1) is 16.4. The summed E-state index contributed by atoms with van der Waals surface area (Å²) in [5, 5.41) is 0. The molecule has 0 spiro atoms. The van der Waals surface area contributed by atoms with Gasteiger partial charge in [-0.05, 0) is 24.6 Å². The van der Waals surface area contributed by atoms with Gasteiger partial charge in [-0.3, -0.25) is 9.59 Å². The fourth-order valence-corrected chi connectivity index (χ4v) is 3.13. The van der Waals surface area contributed by atoms with E-state index in [0.29, 0.717) is 28.9 Å². The number of hydrogen-bond acceptors (Lipinski definition) is 4. The summed E-state index contributed by atoms with van der Waals surface area (Å²) in [4.78, 5) is 27.7. The minimum atomic E-state index is -0.347. The van der Waals surface area contributed by atoms with E-state index in [1.165, 1.54) is 30.6 Å². The second-order valence-electron chi connectivity index (χ2n) is 4.73. The number of amides is 1. The molecule has 0 radical (unpaired) electrons. The molecule has 5 nitrogen and oxygen atoms in total. The third-order valence-corrected chi connectivity index (χ3v) is 4.14. The normalized spacial score (nSPS) is 11.9. The maximum absolute atomic E-state index is 13.4. The first-order valence-corrected chi connectivity index (χ1v) is 7.80. The number of halogens is 1. The lowest BCUT2D eigenvalue weighted by Crippen LogP contribution is -2.19. The van der Waals surface area contributed by atoms with Gasteiger partial charge < -0.3 is 9.30 Å². The van der Waals surface area contributed by atoms with Crippen molar-refractivity contribution in [2.75, 3.05) is 7.11 Å². The van der Waals surface area contributed by atoms with Crippen LogP contribution in [0.1, 0.15) is 26.2 Å². The first-order chi connectivity index (χ1) is 10.5. The number of carbonyl (C=O) groups is 2. The molecule has 1 aromatic heterocycles. The summed E-state index contributed by atoms with van der Waals surface area (Å²) in [6.07, 6.45) is 1.23. The van der Waals surface area contributed by atoms with Crippen molar-refractivity contribution in [1.29, 1.82) is 0 Å². The predicted molar refractivity (Wildman–Crippen MR) is 81.9 cm³/mol. The van der Waals surface area contributed by atoms with E-state index >= 15 is 0 Å². The number of rotatable bonds is 5. The SMILES string of the molecule is CCCC(=O)N=c1sc2cc(F)ccc2n1CCC(=O)OC. The van der Waals surface area contributed by atoms with Crippen LogP contribution < -0.4 is 4.80 Å². The first-order valence-electron chi connectivity index (χ1n) is 6.98. The molecule has 1 aromatic carbocycles. The summed E-state index contributed by atoms with van der Waals surface area (Å²) < 4.78 is 20.4. The number of thiazole rings is 1. The van der Waals surface area contributed by atoms with Gasteiger partial charge in [0.25, 0.3) is 0 Å². The Labute approximate surface area is 131 Å². The Morgan fingerprint density at radius 2 is 2.14 bits per heavy atom. The quantitative estimate of drug-likeness (QED) is 0.794. The molecule has 0 atom stereocenters. The van der Waals surface area contributed by atoms with E-state index in [1.807, 2.05) is 6.92 Å². The lowest BCUT2D eigenvalue weighted by molar-refractivity contribution is -0.140. The van der Waals surface area contributed by atoms with E-state index in [9.17, 15) is 14.0 Å². The van der Waals surface area contributed by atoms with Crippen LogP contribution in [-0.4, -0.2) is 23.6 Å². The van der Waals surface area contributed by atoms with E-state index < -0.39 is 0 Å². The summed E-state index contributed by atoms with van der Waals surface area (Å²) in [5.41, 5.74) is 0.748. The topological polar surface area (TPSA) is 60.7 Å². The molecule has 0 aliphatic heterocycles. The van der Waals surface area contributed by atoms with Gasteiger partial charge in [-0.2, -0.15) is 4.99 Å². The van der Waals surface area contributed by atoms with E-state index in [4.69, 9.17) is 0 Å². The number of esters is 1. The molecule has 2 aromatic rings. The minimum Gasteiger partial charge on any atom is -0.469 e. The highest BCUT2D eigenvalue weighted by molar-refractivity contribution is 7.16. The molecule has 0 saturated carbocycles. The third-order valence-electron chi connectivity index (χ3n) is 3.10. The lowest BCUT2D eigenvalue weighted by atomic mass is 10.3. The molecule has 0 bridgehead atoms. The van der Waals surface area contributed by atoms with Gasteiger partial charge in [-0.25, -0.2) is 4.39 Å². The highest BCUT2D eigenvalue weighted by atomic mass is 32.1. The number of carbonyl (C=O) groups excluding carboxylic acids is 2. The van der Waals surface area contributed by atoms with Gasteiger partial charge in [0.15, 0.2) is 4.80 Å². The third kappa shape index (κ3) is 3.79. The van der Waals surface area contributed by atoms with Crippen LogP contribution in [0.2, 0.25) is 0 Å². The molecule has 0 aliphatic rings. The molecule has 1 heterocycles. The Morgan fingerprint density at radius 3 is 2.82 bits per heavy atom. The van der Waals surface area contributed by atoms with Crippen LogP contribution in [0.25, 0.3) is 10.2 Å². The van der Waals surface area contributed by atoms with E-state index in [0.717, 1.165) is 5.52 Å². The Morgan fingerprint density at radius 1 is 1.36 bits per heavy atom. The maximum Gasteiger partial charge on any atom is 0.307 e. The van der Waals surface area contributed by atoms with Crippen molar-refractivity contribution >= 4 is 33.4 Å².